The minimum absolute atomic E-state index is 0.148. The molecule has 0 spiro atoms. The van der Waals surface area contributed by atoms with Gasteiger partial charge in [-0.15, -0.1) is 0 Å². The fourth-order valence-corrected chi connectivity index (χ4v) is 4.34. The zero-order chi connectivity index (χ0) is 25.2. The lowest BCUT2D eigenvalue weighted by Crippen LogP contribution is -2.57. The number of pyridine rings is 1. The van der Waals surface area contributed by atoms with Crippen LogP contribution in [0, 0.1) is 34.5 Å². The van der Waals surface area contributed by atoms with Crippen LogP contribution in [0.2, 0.25) is 0 Å². The molecule has 1 aliphatic rings. The average Bonchev–Trinajstić information content (AvgIpc) is 3.00. The highest BCUT2D eigenvalue weighted by Crippen LogP contribution is 2.43. The fraction of sp³-hybridized carbons (Fsp3) is 0.292. The van der Waals surface area contributed by atoms with E-state index in [-0.39, 0.29) is 18.1 Å². The number of hydrogen-bond acceptors (Lipinski definition) is 2. The Hall–Kier alpha value is -2.75. The Bertz CT molecular complexity index is 1250. The van der Waals surface area contributed by atoms with Gasteiger partial charge in [0.1, 0.15) is 5.69 Å². The van der Waals surface area contributed by atoms with E-state index in [2.05, 4.69) is 41.7 Å². The minimum Gasteiger partial charge on any atom is -0.369 e. The minimum atomic E-state index is -2.57. The molecule has 0 unspecified atom stereocenters. The molecular formula is C24H29BN3+. The predicted octanol–water partition coefficient (Wildman–Crippen LogP) is 4.04. The maximum Gasteiger partial charge on any atom is 0.538 e. The van der Waals surface area contributed by atoms with Gasteiger partial charge in [0.05, 0.1) is 18.9 Å². The van der Waals surface area contributed by atoms with Crippen LogP contribution in [0.25, 0.3) is 0 Å². The fourth-order valence-electron chi connectivity index (χ4n) is 4.34. The predicted molar refractivity (Wildman–Crippen MR) is 120 cm³/mol. The van der Waals surface area contributed by atoms with Crippen LogP contribution in [-0.4, -0.2) is 14.0 Å². The molecule has 3 nitrogen and oxygen atoms in total. The van der Waals surface area contributed by atoms with Crippen molar-refractivity contribution in [1.82, 2.24) is 0 Å². The van der Waals surface area contributed by atoms with E-state index in [4.69, 9.17) is 8.22 Å². The van der Waals surface area contributed by atoms with Crippen molar-refractivity contribution in [3.63, 3.8) is 0 Å². The van der Waals surface area contributed by atoms with Crippen LogP contribution in [0.15, 0.2) is 48.7 Å². The van der Waals surface area contributed by atoms with Crippen LogP contribution in [0.5, 0.6) is 0 Å². The lowest BCUT2D eigenvalue weighted by molar-refractivity contribution is -0.658. The van der Waals surface area contributed by atoms with Crippen LogP contribution in [0.3, 0.4) is 0 Å². The largest absolute Gasteiger partial charge is 0.538 e. The Morgan fingerprint density at radius 1 is 0.893 bits per heavy atom. The van der Waals surface area contributed by atoms with Gasteiger partial charge in [-0.2, -0.15) is 0 Å². The Balaban J connectivity index is 2.07. The van der Waals surface area contributed by atoms with Crippen molar-refractivity contribution in [3.05, 3.63) is 76.5 Å². The maximum absolute atomic E-state index is 8.09. The first-order chi connectivity index (χ1) is 15.7. The summed E-state index contributed by atoms with van der Waals surface area (Å²) < 4.78 is 49.8. The molecule has 2 aromatic carbocycles. The lowest BCUT2D eigenvalue weighted by Gasteiger charge is -2.24. The second-order valence-electron chi connectivity index (χ2n) is 7.67. The Labute approximate surface area is 177 Å². The third kappa shape index (κ3) is 2.70. The molecule has 4 rings (SSSR count). The SMILES string of the molecule is [2H]C([2H])([2H])c1cc(N2B(c3c(C)cccc3C)N(C)c3cccc(C)c32)[n+](C)cc1C([2H])([2H])[2H]. The number of aromatic nitrogens is 1. The zero-order valence-electron chi connectivity index (χ0n) is 23.0. The average molecular weight is 376 g/mol. The molecule has 2 heterocycles. The molecule has 0 bridgehead atoms. The molecule has 0 N–H and O–H groups in total. The van der Waals surface area contributed by atoms with E-state index in [0.717, 1.165) is 33.5 Å². The number of benzene rings is 2. The molecule has 0 saturated heterocycles. The van der Waals surface area contributed by atoms with Crippen LogP contribution in [0.4, 0.5) is 17.2 Å². The van der Waals surface area contributed by atoms with Gasteiger partial charge in [0.2, 0.25) is 0 Å². The van der Waals surface area contributed by atoms with Gasteiger partial charge < -0.3 is 4.81 Å². The second kappa shape index (κ2) is 6.70. The molecular weight excluding hydrogens is 341 g/mol. The third-order valence-corrected chi connectivity index (χ3v) is 5.74. The van der Waals surface area contributed by atoms with Crippen molar-refractivity contribution in [2.45, 2.75) is 34.5 Å². The Morgan fingerprint density at radius 2 is 1.54 bits per heavy atom. The monoisotopic (exact) mass is 376 g/mol. The number of fused-ring (bicyclic) bond motifs is 1. The topological polar surface area (TPSA) is 10.4 Å². The van der Waals surface area contributed by atoms with Crippen molar-refractivity contribution >= 4 is 29.6 Å². The normalized spacial score (nSPS) is 17.4. The standard InChI is InChI=1S/C24H29BN3/c1-16-10-8-11-17(2)23(16)25-27(7)21-13-9-12-18(3)24(21)28(25)22-14-19(4)20(5)15-26(22)6/h8-15H,1-7H3/q+1/i4D3,5D3. The number of anilines is 3. The van der Waals surface area contributed by atoms with E-state index in [9.17, 15) is 0 Å². The van der Waals surface area contributed by atoms with E-state index in [1.54, 1.807) is 11.6 Å². The molecule has 0 fully saturated rings. The van der Waals surface area contributed by atoms with Gasteiger partial charge in [-0.3, -0.25) is 4.81 Å². The summed E-state index contributed by atoms with van der Waals surface area (Å²) in [5, 5.41) is 0. The van der Waals surface area contributed by atoms with Crippen molar-refractivity contribution < 1.29 is 12.8 Å². The first-order valence-corrected chi connectivity index (χ1v) is 9.46. The maximum atomic E-state index is 8.09. The van der Waals surface area contributed by atoms with Crippen molar-refractivity contribution in [2.75, 3.05) is 16.7 Å². The molecule has 142 valence electrons. The quantitative estimate of drug-likeness (QED) is 0.494. The summed E-state index contributed by atoms with van der Waals surface area (Å²) in [5.74, 6) is 0.617. The number of aryl methyl sites for hydroxylation is 6. The molecule has 0 saturated carbocycles. The van der Waals surface area contributed by atoms with E-state index < -0.39 is 13.7 Å². The summed E-state index contributed by atoms with van der Waals surface area (Å²) in [5.41, 5.74) is 6.15. The van der Waals surface area contributed by atoms with E-state index >= 15 is 0 Å². The van der Waals surface area contributed by atoms with Crippen LogP contribution >= 0.6 is 0 Å². The highest BCUT2D eigenvalue weighted by molar-refractivity contribution is 6.83. The van der Waals surface area contributed by atoms with Gasteiger partial charge in [0.25, 0.3) is 5.82 Å². The molecule has 3 aromatic rings. The van der Waals surface area contributed by atoms with Crippen molar-refractivity contribution in [1.29, 1.82) is 0 Å². The van der Waals surface area contributed by atoms with E-state index in [1.165, 1.54) is 12.3 Å². The van der Waals surface area contributed by atoms with Gasteiger partial charge in [-0.25, -0.2) is 4.57 Å². The van der Waals surface area contributed by atoms with E-state index in [1.807, 2.05) is 32.2 Å². The molecule has 0 aliphatic carbocycles. The Kier molecular flexibility index (Phi) is 3.03. The van der Waals surface area contributed by atoms with Crippen LogP contribution < -0.4 is 19.7 Å². The second-order valence-corrected chi connectivity index (χ2v) is 7.67. The summed E-state index contributed by atoms with van der Waals surface area (Å²) in [6.07, 6.45) is 1.45. The third-order valence-electron chi connectivity index (χ3n) is 5.74. The molecule has 1 aromatic heterocycles. The van der Waals surface area contributed by atoms with Crippen LogP contribution in [0.1, 0.15) is 36.0 Å². The molecule has 0 radical (unpaired) electrons. The summed E-state index contributed by atoms with van der Waals surface area (Å²) in [4.78, 5) is 4.34. The summed E-state index contributed by atoms with van der Waals surface area (Å²) in [6, 6.07) is 13.8. The Morgan fingerprint density at radius 3 is 2.21 bits per heavy atom. The van der Waals surface area contributed by atoms with Crippen molar-refractivity contribution in [3.8, 4) is 0 Å². The molecule has 4 heteroatoms. The highest BCUT2D eigenvalue weighted by Gasteiger charge is 2.50. The first kappa shape index (κ1) is 12.7. The first-order valence-electron chi connectivity index (χ1n) is 12.5. The van der Waals surface area contributed by atoms with Crippen molar-refractivity contribution in [2.24, 2.45) is 7.05 Å². The van der Waals surface area contributed by atoms with Gasteiger partial charge in [-0.05, 0) is 75.4 Å². The summed E-state index contributed by atoms with van der Waals surface area (Å²) >= 11 is 0. The molecule has 0 amide bonds. The highest BCUT2D eigenvalue weighted by atomic mass is 15.3. The zero-order valence-corrected chi connectivity index (χ0v) is 17.0. The number of rotatable bonds is 2. The van der Waals surface area contributed by atoms with Gasteiger partial charge in [0.15, 0.2) is 0 Å². The molecule has 28 heavy (non-hydrogen) atoms. The number of nitrogens with zero attached hydrogens (tertiary/aromatic N) is 3. The summed E-state index contributed by atoms with van der Waals surface area (Å²) in [6.45, 7) is 0.856. The lowest BCUT2D eigenvalue weighted by atomic mass is 9.62. The van der Waals surface area contributed by atoms with Gasteiger partial charge >= 0.3 is 6.98 Å². The van der Waals surface area contributed by atoms with Crippen LogP contribution in [-0.2, 0) is 7.05 Å². The number of hydrogen-bond donors (Lipinski definition) is 0. The molecule has 1 aliphatic heterocycles. The smallest absolute Gasteiger partial charge is 0.369 e. The molecule has 0 atom stereocenters. The van der Waals surface area contributed by atoms with Gasteiger partial charge in [0, 0.05) is 19.8 Å². The van der Waals surface area contributed by atoms with Gasteiger partial charge in [-0.1, -0.05) is 30.3 Å². The number of para-hydroxylation sites is 1. The summed E-state index contributed by atoms with van der Waals surface area (Å²) in [7, 11) is 3.81. The van der Waals surface area contributed by atoms with E-state index in [0.29, 0.717) is 5.82 Å².